The van der Waals surface area contributed by atoms with Gasteiger partial charge >= 0.3 is 0 Å². The fourth-order valence-corrected chi connectivity index (χ4v) is 4.83. The molecule has 0 spiro atoms. The van der Waals surface area contributed by atoms with Crippen LogP contribution in [0.4, 0.5) is 5.69 Å². The van der Waals surface area contributed by atoms with E-state index < -0.39 is 6.10 Å². The van der Waals surface area contributed by atoms with E-state index in [0.29, 0.717) is 24.8 Å². The molecule has 0 bridgehead atoms. The van der Waals surface area contributed by atoms with Crippen molar-refractivity contribution in [3.8, 4) is 5.75 Å². The molecular weight excluding hydrogens is 414 g/mol. The van der Waals surface area contributed by atoms with Crippen molar-refractivity contribution < 1.29 is 14.6 Å². The number of likely N-dealkylation sites (tertiary alicyclic amines) is 1. The maximum Gasteiger partial charge on any atom is 0.253 e. The first-order valence-corrected chi connectivity index (χ1v) is 12.2. The van der Waals surface area contributed by atoms with Crippen molar-refractivity contribution in [2.24, 2.45) is 0 Å². The summed E-state index contributed by atoms with van der Waals surface area (Å²) in [6.45, 7) is 6.90. The second-order valence-corrected chi connectivity index (χ2v) is 9.45. The van der Waals surface area contributed by atoms with Crippen molar-refractivity contribution in [1.29, 1.82) is 0 Å². The number of hydrogen-bond acceptors (Lipinski definition) is 5. The molecule has 2 heterocycles. The zero-order chi connectivity index (χ0) is 23.2. The highest BCUT2D eigenvalue weighted by atomic mass is 16.5. The van der Waals surface area contributed by atoms with Crippen LogP contribution >= 0.6 is 0 Å². The number of aliphatic hydroxyl groups is 1. The Morgan fingerprint density at radius 3 is 2.39 bits per heavy atom. The molecule has 2 aliphatic rings. The van der Waals surface area contributed by atoms with Crippen molar-refractivity contribution in [2.75, 3.05) is 51.3 Å². The molecule has 4 rings (SSSR count). The summed E-state index contributed by atoms with van der Waals surface area (Å²) in [5, 5.41) is 9.85. The molecule has 33 heavy (non-hydrogen) atoms. The van der Waals surface area contributed by atoms with Crippen LogP contribution in [0.25, 0.3) is 0 Å². The average Bonchev–Trinajstić information content (AvgIpc) is 2.85. The van der Waals surface area contributed by atoms with E-state index in [0.717, 1.165) is 57.6 Å². The third-order valence-corrected chi connectivity index (χ3v) is 6.98. The number of nitrogens with zero attached hydrogens (tertiary/aromatic N) is 3. The molecule has 0 saturated carbocycles. The Kier molecular flexibility index (Phi) is 7.89. The van der Waals surface area contributed by atoms with Gasteiger partial charge in [0.05, 0.1) is 6.10 Å². The lowest BCUT2D eigenvalue weighted by molar-refractivity contribution is 0.0474. The van der Waals surface area contributed by atoms with Gasteiger partial charge in [0, 0.05) is 50.0 Å². The maximum absolute atomic E-state index is 12.7. The van der Waals surface area contributed by atoms with Gasteiger partial charge in [0.1, 0.15) is 12.4 Å². The van der Waals surface area contributed by atoms with Gasteiger partial charge in [-0.25, -0.2) is 0 Å². The quantitative estimate of drug-likeness (QED) is 0.698. The molecule has 2 saturated heterocycles. The average molecular weight is 452 g/mol. The molecule has 1 atom stereocenters. The molecule has 2 aromatic rings. The number of β-amino-alcohol motifs (C(OH)–C–C–N with tert-alkyl or cyclic N) is 1. The Bertz CT molecular complexity index is 892. The lowest BCUT2D eigenvalue weighted by atomic mass is 10.0. The fourth-order valence-electron chi connectivity index (χ4n) is 4.83. The minimum atomic E-state index is -0.393. The van der Waals surface area contributed by atoms with Crippen LogP contribution < -0.4 is 9.64 Å². The van der Waals surface area contributed by atoms with Gasteiger partial charge in [0.15, 0.2) is 0 Å². The van der Waals surface area contributed by atoms with E-state index in [1.54, 1.807) is 4.90 Å². The molecule has 0 aromatic heterocycles. The smallest absolute Gasteiger partial charge is 0.253 e. The first-order valence-electron chi connectivity index (χ1n) is 12.2. The number of aliphatic hydroxyl groups excluding tert-OH is 1. The lowest BCUT2D eigenvalue weighted by Crippen LogP contribution is -2.44. The number of ether oxygens (including phenoxy) is 1. The van der Waals surface area contributed by atoms with Gasteiger partial charge in [-0.3, -0.25) is 9.69 Å². The van der Waals surface area contributed by atoms with Gasteiger partial charge in [-0.15, -0.1) is 0 Å². The van der Waals surface area contributed by atoms with Crippen LogP contribution in [-0.2, 0) is 0 Å². The normalized spacial score (nSPS) is 19.7. The third kappa shape index (κ3) is 6.27. The fraction of sp³-hybridized carbons (Fsp3) is 0.519. The number of carbonyl (C=O) groups is 1. The van der Waals surface area contributed by atoms with Crippen molar-refractivity contribution in [2.45, 2.75) is 44.8 Å². The lowest BCUT2D eigenvalue weighted by Gasteiger charge is -2.38. The molecule has 0 aliphatic carbocycles. The van der Waals surface area contributed by atoms with Gasteiger partial charge in [0.25, 0.3) is 5.91 Å². The third-order valence-electron chi connectivity index (χ3n) is 6.98. The van der Waals surface area contributed by atoms with Crippen molar-refractivity contribution in [3.05, 3.63) is 59.7 Å². The number of piperidine rings is 2. The molecule has 0 unspecified atom stereocenters. The van der Waals surface area contributed by atoms with Crippen LogP contribution in [0, 0.1) is 6.92 Å². The molecule has 6 heteroatoms. The van der Waals surface area contributed by atoms with Crippen LogP contribution in [0.2, 0.25) is 0 Å². The molecule has 178 valence electrons. The molecule has 2 fully saturated rings. The number of aryl methyl sites for hydroxylation is 1. The van der Waals surface area contributed by atoms with E-state index in [9.17, 15) is 9.90 Å². The van der Waals surface area contributed by atoms with Gasteiger partial charge in [-0.2, -0.15) is 0 Å². The SMILES string of the molecule is Cc1ccc(OCCN(C)C2CCN(c3ccc(C(=O)N4CCC[C@@H](O)C4)cc3)CC2)cc1. The summed E-state index contributed by atoms with van der Waals surface area (Å²) in [6, 6.07) is 16.8. The molecule has 1 N–H and O–H groups in total. The first-order chi connectivity index (χ1) is 16.0. The Morgan fingerprint density at radius 1 is 1.03 bits per heavy atom. The van der Waals surface area contributed by atoms with Crippen molar-refractivity contribution in [1.82, 2.24) is 9.80 Å². The molecule has 6 nitrogen and oxygen atoms in total. The minimum absolute atomic E-state index is 0.0217. The largest absolute Gasteiger partial charge is 0.492 e. The van der Waals surface area contributed by atoms with Crippen LogP contribution in [0.1, 0.15) is 41.6 Å². The minimum Gasteiger partial charge on any atom is -0.492 e. The number of anilines is 1. The van der Waals surface area contributed by atoms with Crippen LogP contribution in [0.3, 0.4) is 0 Å². The molecule has 2 aliphatic heterocycles. The highest BCUT2D eigenvalue weighted by Crippen LogP contribution is 2.23. The topological polar surface area (TPSA) is 56.2 Å². The number of amides is 1. The Balaban J connectivity index is 1.22. The zero-order valence-electron chi connectivity index (χ0n) is 19.9. The Morgan fingerprint density at radius 2 is 1.73 bits per heavy atom. The van der Waals surface area contributed by atoms with Gasteiger partial charge < -0.3 is 19.6 Å². The zero-order valence-corrected chi connectivity index (χ0v) is 19.9. The van der Waals surface area contributed by atoms with Crippen molar-refractivity contribution in [3.63, 3.8) is 0 Å². The summed E-state index contributed by atoms with van der Waals surface area (Å²) in [7, 11) is 2.19. The van der Waals surface area contributed by atoms with E-state index in [2.05, 4.69) is 48.0 Å². The Hall–Kier alpha value is -2.57. The van der Waals surface area contributed by atoms with E-state index in [1.807, 2.05) is 24.3 Å². The molecule has 2 aromatic carbocycles. The Labute approximate surface area is 197 Å². The van der Waals surface area contributed by atoms with Crippen LogP contribution in [-0.4, -0.2) is 79.3 Å². The maximum atomic E-state index is 12.7. The number of carbonyl (C=O) groups excluding carboxylic acids is 1. The standard InChI is InChI=1S/C27H37N3O3/c1-21-5-11-26(12-6-21)33-19-18-28(2)23-13-16-29(17-14-23)24-9-7-22(8-10-24)27(32)30-15-3-4-25(31)20-30/h5-12,23,25,31H,3-4,13-20H2,1-2H3/t25-/m1/s1. The highest BCUT2D eigenvalue weighted by molar-refractivity contribution is 5.94. The van der Waals surface area contributed by atoms with Crippen LogP contribution in [0.15, 0.2) is 48.5 Å². The summed E-state index contributed by atoms with van der Waals surface area (Å²) in [6.07, 6.45) is 3.50. The second kappa shape index (κ2) is 11.0. The van der Waals surface area contributed by atoms with E-state index in [1.165, 1.54) is 11.3 Å². The van der Waals surface area contributed by atoms with E-state index in [-0.39, 0.29) is 5.91 Å². The summed E-state index contributed by atoms with van der Waals surface area (Å²) < 4.78 is 5.90. The summed E-state index contributed by atoms with van der Waals surface area (Å²) in [5.41, 5.74) is 3.12. The summed E-state index contributed by atoms with van der Waals surface area (Å²) >= 11 is 0. The molecule has 1 amide bonds. The van der Waals surface area contributed by atoms with Gasteiger partial charge in [-0.05, 0) is 76.1 Å². The number of rotatable bonds is 7. The molecular formula is C27H37N3O3. The first kappa shape index (κ1) is 23.6. The van der Waals surface area contributed by atoms with Gasteiger partial charge in [-0.1, -0.05) is 17.7 Å². The van der Waals surface area contributed by atoms with Gasteiger partial charge in [0.2, 0.25) is 0 Å². The van der Waals surface area contributed by atoms with E-state index >= 15 is 0 Å². The molecule has 0 radical (unpaired) electrons. The summed E-state index contributed by atoms with van der Waals surface area (Å²) in [5.74, 6) is 0.954. The summed E-state index contributed by atoms with van der Waals surface area (Å²) in [4.78, 5) is 19.3. The number of benzene rings is 2. The monoisotopic (exact) mass is 451 g/mol. The van der Waals surface area contributed by atoms with Crippen molar-refractivity contribution >= 4 is 11.6 Å². The number of hydrogen-bond donors (Lipinski definition) is 1. The van der Waals surface area contributed by atoms with Crippen LogP contribution in [0.5, 0.6) is 5.75 Å². The van der Waals surface area contributed by atoms with E-state index in [4.69, 9.17) is 4.74 Å². The number of likely N-dealkylation sites (N-methyl/N-ethyl adjacent to an activating group) is 1. The second-order valence-electron chi connectivity index (χ2n) is 9.45. The predicted molar refractivity (Wildman–Crippen MR) is 132 cm³/mol. The predicted octanol–water partition coefficient (Wildman–Crippen LogP) is 3.57. The highest BCUT2D eigenvalue weighted by Gasteiger charge is 2.25.